The van der Waals surface area contributed by atoms with Crippen LogP contribution in [0, 0.1) is 5.92 Å². The molecule has 0 amide bonds. The van der Waals surface area contributed by atoms with Crippen molar-refractivity contribution in [2.24, 2.45) is 23.1 Å². The molecule has 1 aliphatic carbocycles. The summed E-state index contributed by atoms with van der Waals surface area (Å²) in [6.07, 6.45) is 3.62. The molecule has 0 heterocycles. The molecule has 1 aliphatic rings. The second-order valence-electron chi connectivity index (χ2n) is 3.29. The lowest BCUT2D eigenvalue weighted by Gasteiger charge is -2.18. The number of ether oxygens (including phenoxy) is 1. The first-order chi connectivity index (χ1) is 5.03. The van der Waals surface area contributed by atoms with E-state index in [9.17, 15) is 0 Å². The largest absolute Gasteiger partial charge is 0.332 e. The van der Waals surface area contributed by atoms with Crippen molar-refractivity contribution >= 4 is 0 Å². The molecule has 4 nitrogen and oxygen atoms in total. The first-order valence-corrected chi connectivity index (χ1v) is 4.07. The van der Waals surface area contributed by atoms with Crippen molar-refractivity contribution in [2.75, 3.05) is 0 Å². The Morgan fingerprint density at radius 1 is 1.45 bits per heavy atom. The van der Waals surface area contributed by atoms with Crippen molar-refractivity contribution in [1.82, 2.24) is 0 Å². The molecule has 1 saturated carbocycles. The van der Waals surface area contributed by atoms with Crippen LogP contribution < -0.4 is 17.2 Å². The standard InChI is InChI=1S/C7H17N3O/c1-2-3-5-4-6(5)11-7(8,9)10/h5-6H,2-4,8-10H2,1H3/t5?,6-/m0/s1. The zero-order valence-electron chi connectivity index (χ0n) is 6.92. The fourth-order valence-corrected chi connectivity index (χ4v) is 1.30. The highest BCUT2D eigenvalue weighted by Crippen LogP contribution is 2.38. The van der Waals surface area contributed by atoms with E-state index >= 15 is 0 Å². The van der Waals surface area contributed by atoms with Crippen LogP contribution in [-0.2, 0) is 4.74 Å². The first kappa shape index (κ1) is 8.93. The quantitative estimate of drug-likeness (QED) is 0.490. The van der Waals surface area contributed by atoms with E-state index in [1.54, 1.807) is 0 Å². The van der Waals surface area contributed by atoms with Crippen LogP contribution in [0.2, 0.25) is 0 Å². The number of hydrogen-bond donors (Lipinski definition) is 3. The predicted octanol–water partition coefficient (Wildman–Crippen LogP) is -0.321. The molecule has 0 aromatic heterocycles. The van der Waals surface area contributed by atoms with Crippen LogP contribution >= 0.6 is 0 Å². The van der Waals surface area contributed by atoms with E-state index in [0.717, 1.165) is 6.42 Å². The molecule has 0 bridgehead atoms. The van der Waals surface area contributed by atoms with Crippen molar-refractivity contribution in [3.8, 4) is 0 Å². The zero-order valence-corrected chi connectivity index (χ0v) is 6.92. The minimum absolute atomic E-state index is 0.204. The first-order valence-electron chi connectivity index (χ1n) is 4.07. The highest BCUT2D eigenvalue weighted by molar-refractivity contribution is 4.88. The van der Waals surface area contributed by atoms with Gasteiger partial charge >= 0.3 is 0 Å². The Morgan fingerprint density at radius 2 is 2.09 bits per heavy atom. The van der Waals surface area contributed by atoms with Gasteiger partial charge in [0, 0.05) is 0 Å². The maximum atomic E-state index is 5.27. The third-order valence-corrected chi connectivity index (χ3v) is 1.87. The number of nitrogens with two attached hydrogens (primary N) is 3. The van der Waals surface area contributed by atoms with Crippen molar-refractivity contribution < 1.29 is 4.74 Å². The summed E-state index contributed by atoms with van der Waals surface area (Å²) in [4.78, 5) is 0. The van der Waals surface area contributed by atoms with Gasteiger partial charge in [-0.25, -0.2) is 0 Å². The second kappa shape index (κ2) is 3.06. The van der Waals surface area contributed by atoms with E-state index in [4.69, 9.17) is 21.9 Å². The summed E-state index contributed by atoms with van der Waals surface area (Å²) in [6, 6.07) is 0. The molecule has 0 saturated heterocycles. The molecule has 0 aromatic carbocycles. The Kier molecular flexibility index (Phi) is 2.49. The molecule has 0 aromatic rings. The fourth-order valence-electron chi connectivity index (χ4n) is 1.30. The number of hydrogen-bond acceptors (Lipinski definition) is 4. The van der Waals surface area contributed by atoms with Crippen LogP contribution in [0.15, 0.2) is 0 Å². The molecule has 0 aliphatic heterocycles. The van der Waals surface area contributed by atoms with Gasteiger partial charge in [-0.2, -0.15) is 0 Å². The van der Waals surface area contributed by atoms with Crippen molar-refractivity contribution in [2.45, 2.75) is 38.3 Å². The van der Waals surface area contributed by atoms with E-state index in [0.29, 0.717) is 5.92 Å². The van der Waals surface area contributed by atoms with Gasteiger partial charge in [-0.1, -0.05) is 13.3 Å². The van der Waals surface area contributed by atoms with Crippen molar-refractivity contribution in [1.29, 1.82) is 0 Å². The van der Waals surface area contributed by atoms with Gasteiger partial charge in [-0.15, -0.1) is 0 Å². The normalized spacial score (nSPS) is 30.5. The van der Waals surface area contributed by atoms with Gasteiger partial charge in [0.05, 0.1) is 6.10 Å². The zero-order chi connectivity index (χ0) is 8.48. The van der Waals surface area contributed by atoms with Crippen LogP contribution in [0.4, 0.5) is 0 Å². The lowest BCUT2D eigenvalue weighted by molar-refractivity contribution is -0.0497. The molecule has 0 radical (unpaired) electrons. The summed E-state index contributed by atoms with van der Waals surface area (Å²) in [5.41, 5.74) is 15.8. The van der Waals surface area contributed by atoms with Gasteiger partial charge in [-0.05, 0) is 18.8 Å². The Balaban J connectivity index is 2.13. The third-order valence-electron chi connectivity index (χ3n) is 1.87. The van der Waals surface area contributed by atoms with Gasteiger partial charge in [0.25, 0.3) is 0 Å². The number of rotatable bonds is 4. The van der Waals surface area contributed by atoms with E-state index in [1.165, 1.54) is 12.8 Å². The summed E-state index contributed by atoms with van der Waals surface area (Å²) >= 11 is 0. The highest BCUT2D eigenvalue weighted by Gasteiger charge is 2.40. The Bertz CT molecular complexity index is 132. The van der Waals surface area contributed by atoms with Crippen LogP contribution in [-0.4, -0.2) is 12.1 Å². The molecule has 4 heteroatoms. The molecule has 66 valence electrons. The lowest BCUT2D eigenvalue weighted by atomic mass is 10.2. The van der Waals surface area contributed by atoms with Gasteiger partial charge in [-0.3, -0.25) is 17.2 Å². The van der Waals surface area contributed by atoms with E-state index in [1.807, 2.05) is 0 Å². The summed E-state index contributed by atoms with van der Waals surface area (Å²) < 4.78 is 5.15. The van der Waals surface area contributed by atoms with E-state index < -0.39 is 5.97 Å². The van der Waals surface area contributed by atoms with Crippen LogP contribution in [0.1, 0.15) is 26.2 Å². The summed E-state index contributed by atoms with van der Waals surface area (Å²) in [7, 11) is 0. The van der Waals surface area contributed by atoms with E-state index in [-0.39, 0.29) is 6.10 Å². The van der Waals surface area contributed by atoms with Crippen molar-refractivity contribution in [3.05, 3.63) is 0 Å². The predicted molar refractivity (Wildman–Crippen MR) is 43.2 cm³/mol. The molecular weight excluding hydrogens is 142 g/mol. The maximum Gasteiger partial charge on any atom is 0.227 e. The molecule has 1 fully saturated rings. The summed E-state index contributed by atoms with van der Waals surface area (Å²) in [5, 5.41) is 0. The topological polar surface area (TPSA) is 87.3 Å². The summed E-state index contributed by atoms with van der Waals surface area (Å²) in [5.74, 6) is -0.803. The lowest BCUT2D eigenvalue weighted by Crippen LogP contribution is -2.60. The molecule has 6 N–H and O–H groups in total. The van der Waals surface area contributed by atoms with Crippen LogP contribution in [0.5, 0.6) is 0 Å². The van der Waals surface area contributed by atoms with Crippen molar-refractivity contribution in [3.63, 3.8) is 0 Å². The SMILES string of the molecule is CCCC1C[C@@H]1OC(N)(N)N. The summed E-state index contributed by atoms with van der Waals surface area (Å²) in [6.45, 7) is 2.15. The van der Waals surface area contributed by atoms with E-state index in [2.05, 4.69) is 6.92 Å². The molecule has 2 atom stereocenters. The molecular formula is C7H17N3O. The average molecular weight is 159 g/mol. The monoisotopic (exact) mass is 159 g/mol. The minimum atomic E-state index is -1.44. The Morgan fingerprint density at radius 3 is 2.55 bits per heavy atom. The average Bonchev–Trinajstić information content (AvgIpc) is 2.44. The van der Waals surface area contributed by atoms with Gasteiger partial charge < -0.3 is 4.74 Å². The van der Waals surface area contributed by atoms with Gasteiger partial charge in [0.1, 0.15) is 0 Å². The molecule has 11 heavy (non-hydrogen) atoms. The fraction of sp³-hybridized carbons (Fsp3) is 1.00. The Hall–Kier alpha value is -0.160. The second-order valence-corrected chi connectivity index (χ2v) is 3.29. The Labute approximate surface area is 67.1 Å². The van der Waals surface area contributed by atoms with Crippen LogP contribution in [0.25, 0.3) is 0 Å². The van der Waals surface area contributed by atoms with Gasteiger partial charge in [0.15, 0.2) is 0 Å². The van der Waals surface area contributed by atoms with Crippen LogP contribution in [0.3, 0.4) is 0 Å². The maximum absolute atomic E-state index is 5.27. The molecule has 0 spiro atoms. The highest BCUT2D eigenvalue weighted by atomic mass is 16.6. The third kappa shape index (κ3) is 3.16. The van der Waals surface area contributed by atoms with Gasteiger partial charge in [0.2, 0.25) is 5.97 Å². The molecule has 1 rings (SSSR count). The smallest absolute Gasteiger partial charge is 0.227 e. The molecule has 1 unspecified atom stereocenters. The minimum Gasteiger partial charge on any atom is -0.332 e.